The second kappa shape index (κ2) is 7.12. The summed E-state index contributed by atoms with van der Waals surface area (Å²) in [6, 6.07) is 7.87. The highest BCUT2D eigenvalue weighted by Gasteiger charge is 2.07. The predicted octanol–water partition coefficient (Wildman–Crippen LogP) is 2.91. The molecule has 1 aromatic carbocycles. The minimum absolute atomic E-state index is 0. The molecular weight excluding hydrogens is 224 g/mol. The van der Waals surface area contributed by atoms with E-state index in [1.165, 1.54) is 6.92 Å². The maximum atomic E-state index is 11.0. The van der Waals surface area contributed by atoms with E-state index in [4.69, 9.17) is 0 Å². The van der Waals surface area contributed by atoms with Crippen molar-refractivity contribution < 1.29 is 4.79 Å². The summed E-state index contributed by atoms with van der Waals surface area (Å²) < 4.78 is 0. The fraction of sp³-hybridized carbons (Fsp3) is 0.417. The van der Waals surface area contributed by atoms with E-state index in [-0.39, 0.29) is 18.3 Å². The van der Waals surface area contributed by atoms with Gasteiger partial charge in [0, 0.05) is 20.0 Å². The second-order valence-electron chi connectivity index (χ2n) is 3.37. The van der Waals surface area contributed by atoms with Crippen molar-refractivity contribution in [3.63, 3.8) is 0 Å². The molecule has 1 rings (SSSR count). The summed E-state index contributed by atoms with van der Waals surface area (Å²) in [7, 11) is 0. The molecule has 0 unspecified atom stereocenters. The lowest BCUT2D eigenvalue weighted by Gasteiger charge is -2.23. The zero-order chi connectivity index (χ0) is 11.3. The third-order valence-electron chi connectivity index (χ3n) is 2.32. The molecule has 0 fully saturated rings. The maximum absolute atomic E-state index is 11.0. The summed E-state index contributed by atoms with van der Waals surface area (Å²) in [4.78, 5) is 13.2. The van der Waals surface area contributed by atoms with Crippen LogP contribution in [0.1, 0.15) is 20.8 Å². The molecule has 0 radical (unpaired) electrons. The Balaban J connectivity index is 0.00000225. The molecule has 0 heterocycles. The van der Waals surface area contributed by atoms with Crippen LogP contribution in [0.4, 0.5) is 11.4 Å². The zero-order valence-corrected chi connectivity index (χ0v) is 10.8. The van der Waals surface area contributed by atoms with E-state index in [0.29, 0.717) is 0 Å². The van der Waals surface area contributed by atoms with Gasteiger partial charge in [0.2, 0.25) is 5.91 Å². The SMILES string of the molecule is CCN(CC)c1ccccc1NC(C)=O.Cl. The van der Waals surface area contributed by atoms with Crippen LogP contribution in [-0.2, 0) is 4.79 Å². The highest BCUT2D eigenvalue weighted by atomic mass is 35.5. The Labute approximate surface area is 103 Å². The number of carbonyl (C=O) groups excluding carboxylic acids is 1. The molecule has 0 saturated carbocycles. The Kier molecular flexibility index (Phi) is 6.58. The first-order chi connectivity index (χ1) is 7.19. The van der Waals surface area contributed by atoms with Gasteiger partial charge >= 0.3 is 0 Å². The Hall–Kier alpha value is -1.22. The van der Waals surface area contributed by atoms with Crippen molar-refractivity contribution in [3.05, 3.63) is 24.3 Å². The number of para-hydroxylation sites is 2. The van der Waals surface area contributed by atoms with Gasteiger partial charge in [-0.05, 0) is 26.0 Å². The van der Waals surface area contributed by atoms with Crippen LogP contribution in [0.5, 0.6) is 0 Å². The molecule has 0 aromatic heterocycles. The Bertz CT molecular complexity index is 338. The first-order valence-corrected chi connectivity index (χ1v) is 5.30. The molecule has 0 bridgehead atoms. The van der Waals surface area contributed by atoms with E-state index in [1.54, 1.807) is 0 Å². The number of nitrogens with zero attached hydrogens (tertiary/aromatic N) is 1. The molecule has 4 heteroatoms. The van der Waals surface area contributed by atoms with Crippen molar-refractivity contribution in [1.82, 2.24) is 0 Å². The van der Waals surface area contributed by atoms with Gasteiger partial charge in [-0.15, -0.1) is 12.4 Å². The van der Waals surface area contributed by atoms with E-state index in [1.807, 2.05) is 24.3 Å². The van der Waals surface area contributed by atoms with Crippen LogP contribution < -0.4 is 10.2 Å². The van der Waals surface area contributed by atoms with Gasteiger partial charge in [-0.1, -0.05) is 12.1 Å². The van der Waals surface area contributed by atoms with E-state index < -0.39 is 0 Å². The monoisotopic (exact) mass is 242 g/mol. The number of amides is 1. The first-order valence-electron chi connectivity index (χ1n) is 5.30. The summed E-state index contributed by atoms with van der Waals surface area (Å²) in [5, 5.41) is 2.84. The number of halogens is 1. The zero-order valence-electron chi connectivity index (χ0n) is 9.99. The predicted molar refractivity (Wildman–Crippen MR) is 71.6 cm³/mol. The molecule has 0 aliphatic heterocycles. The Morgan fingerprint density at radius 1 is 1.25 bits per heavy atom. The van der Waals surface area contributed by atoms with Gasteiger partial charge in [-0.25, -0.2) is 0 Å². The number of rotatable bonds is 4. The third-order valence-corrected chi connectivity index (χ3v) is 2.32. The molecule has 0 saturated heterocycles. The number of hydrogen-bond acceptors (Lipinski definition) is 2. The first kappa shape index (κ1) is 14.8. The molecule has 3 nitrogen and oxygen atoms in total. The van der Waals surface area contributed by atoms with Gasteiger partial charge < -0.3 is 10.2 Å². The summed E-state index contributed by atoms with van der Waals surface area (Å²) in [6.45, 7) is 7.61. The molecule has 16 heavy (non-hydrogen) atoms. The summed E-state index contributed by atoms with van der Waals surface area (Å²) in [6.07, 6.45) is 0. The quantitative estimate of drug-likeness (QED) is 0.881. The van der Waals surface area contributed by atoms with Crippen molar-refractivity contribution in [1.29, 1.82) is 0 Å². The van der Waals surface area contributed by atoms with E-state index in [9.17, 15) is 4.79 Å². The van der Waals surface area contributed by atoms with Crippen LogP contribution in [0.3, 0.4) is 0 Å². The van der Waals surface area contributed by atoms with E-state index in [2.05, 4.69) is 24.1 Å². The van der Waals surface area contributed by atoms with Crippen molar-refractivity contribution in [2.45, 2.75) is 20.8 Å². The molecule has 1 aromatic rings. The molecule has 1 amide bonds. The van der Waals surface area contributed by atoms with Gasteiger partial charge in [0.1, 0.15) is 0 Å². The molecule has 1 N–H and O–H groups in total. The van der Waals surface area contributed by atoms with Crippen LogP contribution in [0, 0.1) is 0 Å². The maximum Gasteiger partial charge on any atom is 0.221 e. The summed E-state index contributed by atoms with van der Waals surface area (Å²) in [5.74, 6) is -0.0328. The topological polar surface area (TPSA) is 32.3 Å². The lowest BCUT2D eigenvalue weighted by atomic mass is 10.2. The normalized spacial score (nSPS) is 9.19. The van der Waals surface area contributed by atoms with Crippen LogP contribution in [0.25, 0.3) is 0 Å². The average Bonchev–Trinajstić information content (AvgIpc) is 2.21. The van der Waals surface area contributed by atoms with Crippen LogP contribution in [0.2, 0.25) is 0 Å². The van der Waals surface area contributed by atoms with Crippen LogP contribution >= 0.6 is 12.4 Å². The Morgan fingerprint density at radius 2 is 1.81 bits per heavy atom. The van der Waals surface area contributed by atoms with Crippen molar-refractivity contribution in [2.24, 2.45) is 0 Å². The second-order valence-corrected chi connectivity index (χ2v) is 3.37. The minimum atomic E-state index is -0.0328. The summed E-state index contributed by atoms with van der Waals surface area (Å²) >= 11 is 0. The molecule has 0 aliphatic carbocycles. The lowest BCUT2D eigenvalue weighted by molar-refractivity contribution is -0.114. The third kappa shape index (κ3) is 3.74. The number of carbonyl (C=O) groups is 1. The number of nitrogens with one attached hydrogen (secondary N) is 1. The van der Waals surface area contributed by atoms with E-state index in [0.717, 1.165) is 24.5 Å². The standard InChI is InChI=1S/C12H18N2O.ClH/c1-4-14(5-2)12-9-7-6-8-11(12)13-10(3)15;/h6-9H,4-5H2,1-3H3,(H,13,15);1H. The summed E-state index contributed by atoms with van der Waals surface area (Å²) in [5.41, 5.74) is 1.96. The number of anilines is 2. The molecular formula is C12H19ClN2O. The smallest absolute Gasteiger partial charge is 0.221 e. The molecule has 0 aliphatic rings. The van der Waals surface area contributed by atoms with Crippen molar-refractivity contribution in [3.8, 4) is 0 Å². The van der Waals surface area contributed by atoms with Gasteiger partial charge in [0.25, 0.3) is 0 Å². The molecule has 0 atom stereocenters. The van der Waals surface area contributed by atoms with Gasteiger partial charge in [-0.3, -0.25) is 4.79 Å². The highest BCUT2D eigenvalue weighted by molar-refractivity contribution is 5.92. The van der Waals surface area contributed by atoms with Crippen LogP contribution in [0.15, 0.2) is 24.3 Å². The van der Waals surface area contributed by atoms with Crippen LogP contribution in [-0.4, -0.2) is 19.0 Å². The van der Waals surface area contributed by atoms with Gasteiger partial charge in [-0.2, -0.15) is 0 Å². The fourth-order valence-electron chi connectivity index (χ4n) is 1.61. The average molecular weight is 243 g/mol. The molecule has 90 valence electrons. The number of hydrogen-bond donors (Lipinski definition) is 1. The van der Waals surface area contributed by atoms with Gasteiger partial charge in [0.05, 0.1) is 11.4 Å². The minimum Gasteiger partial charge on any atom is -0.370 e. The van der Waals surface area contributed by atoms with E-state index >= 15 is 0 Å². The largest absolute Gasteiger partial charge is 0.370 e. The van der Waals surface area contributed by atoms with Crippen molar-refractivity contribution >= 4 is 29.7 Å². The lowest BCUT2D eigenvalue weighted by Crippen LogP contribution is -2.23. The van der Waals surface area contributed by atoms with Crippen molar-refractivity contribution in [2.75, 3.05) is 23.3 Å². The fourth-order valence-corrected chi connectivity index (χ4v) is 1.61. The molecule has 0 spiro atoms. The number of benzene rings is 1. The van der Waals surface area contributed by atoms with Gasteiger partial charge in [0.15, 0.2) is 0 Å². The highest BCUT2D eigenvalue weighted by Crippen LogP contribution is 2.24. The Morgan fingerprint density at radius 3 is 2.31 bits per heavy atom.